The normalized spacial score (nSPS) is 12.4. The lowest BCUT2D eigenvalue weighted by Gasteiger charge is -2.13. The Labute approximate surface area is 184 Å². The minimum absolute atomic E-state index is 0.0713. The van der Waals surface area contributed by atoms with Gasteiger partial charge in [-0.25, -0.2) is 0 Å². The summed E-state index contributed by atoms with van der Waals surface area (Å²) in [4.78, 5) is 25.5. The molecular weight excluding hydrogens is 410 g/mol. The zero-order chi connectivity index (χ0) is 22.1. The maximum Gasteiger partial charge on any atom is 0.262 e. The molecule has 7 nitrogen and oxygen atoms in total. The molecule has 1 unspecified atom stereocenters. The molecule has 1 atom stereocenters. The lowest BCUT2D eigenvalue weighted by molar-refractivity contribution is 0.0939. The van der Waals surface area contributed by atoms with E-state index < -0.39 is 0 Å². The fraction of sp³-hybridized carbons (Fsp3) is 0.304. The summed E-state index contributed by atoms with van der Waals surface area (Å²) in [5.41, 5.74) is 3.40. The number of aryl methyl sites for hydroxylation is 2. The van der Waals surface area contributed by atoms with Crippen LogP contribution in [0.15, 0.2) is 52.4 Å². The van der Waals surface area contributed by atoms with E-state index in [2.05, 4.69) is 34.6 Å². The molecule has 1 N–H and O–H groups in total. The number of benzene rings is 2. The van der Waals surface area contributed by atoms with Gasteiger partial charge in [0.1, 0.15) is 0 Å². The quantitative estimate of drug-likeness (QED) is 0.467. The highest BCUT2D eigenvalue weighted by molar-refractivity contribution is 7.98. The third-order valence-corrected chi connectivity index (χ3v) is 6.54. The molecular formula is C23H25N5O2S. The van der Waals surface area contributed by atoms with Gasteiger partial charge >= 0.3 is 0 Å². The molecule has 4 rings (SSSR count). The smallest absolute Gasteiger partial charge is 0.262 e. The molecule has 4 aromatic rings. The molecule has 0 aliphatic heterocycles. The molecule has 160 valence electrons. The number of nitrogens with one attached hydrogen (secondary N) is 1. The number of hydrogen-bond donors (Lipinski definition) is 1. The number of aromatic nitrogens is 4. The highest BCUT2D eigenvalue weighted by Gasteiger charge is 2.18. The van der Waals surface area contributed by atoms with E-state index in [9.17, 15) is 9.59 Å². The number of nitrogens with zero attached hydrogens (tertiary/aromatic N) is 4. The second kappa shape index (κ2) is 8.55. The first-order valence-electron chi connectivity index (χ1n) is 10.3. The maximum atomic E-state index is 12.9. The topological polar surface area (TPSA) is 81.3 Å². The second-order valence-corrected chi connectivity index (χ2v) is 8.65. The molecule has 2 heterocycles. The number of hydrogen-bond acceptors (Lipinski definition) is 5. The summed E-state index contributed by atoms with van der Waals surface area (Å²) in [7, 11) is 1.69. The molecule has 0 spiro atoms. The monoisotopic (exact) mass is 435 g/mol. The van der Waals surface area contributed by atoms with Crippen LogP contribution < -0.4 is 10.9 Å². The van der Waals surface area contributed by atoms with Crippen LogP contribution in [-0.2, 0) is 12.8 Å². The average Bonchev–Trinajstić information content (AvgIpc) is 3.20. The first-order valence-corrected chi connectivity index (χ1v) is 11.2. The van der Waals surface area contributed by atoms with Gasteiger partial charge in [-0.1, -0.05) is 43.0 Å². The summed E-state index contributed by atoms with van der Waals surface area (Å²) >= 11 is 1.56. The Kier molecular flexibility index (Phi) is 5.82. The van der Waals surface area contributed by atoms with Crippen LogP contribution in [0.2, 0.25) is 0 Å². The summed E-state index contributed by atoms with van der Waals surface area (Å²) in [6.45, 7) is 6.07. The van der Waals surface area contributed by atoms with Gasteiger partial charge in [0.05, 0.1) is 10.9 Å². The highest BCUT2D eigenvalue weighted by Crippen LogP contribution is 2.26. The highest BCUT2D eigenvalue weighted by atomic mass is 32.2. The van der Waals surface area contributed by atoms with Crippen LogP contribution in [-0.4, -0.2) is 31.1 Å². The van der Waals surface area contributed by atoms with Gasteiger partial charge in [0, 0.05) is 24.4 Å². The molecule has 0 saturated carbocycles. The first kappa shape index (κ1) is 21.1. The zero-order valence-electron chi connectivity index (χ0n) is 18.0. The summed E-state index contributed by atoms with van der Waals surface area (Å²) < 4.78 is 3.35. The van der Waals surface area contributed by atoms with Crippen LogP contribution >= 0.6 is 11.8 Å². The third kappa shape index (κ3) is 3.95. The van der Waals surface area contributed by atoms with Crippen molar-refractivity contribution in [3.8, 4) is 0 Å². The molecule has 0 aliphatic rings. The van der Waals surface area contributed by atoms with E-state index in [1.165, 1.54) is 15.7 Å². The van der Waals surface area contributed by atoms with Crippen LogP contribution in [0.25, 0.3) is 16.7 Å². The fourth-order valence-corrected chi connectivity index (χ4v) is 4.43. The predicted octanol–water partition coefficient (Wildman–Crippen LogP) is 3.71. The van der Waals surface area contributed by atoms with Crippen molar-refractivity contribution in [2.75, 3.05) is 0 Å². The summed E-state index contributed by atoms with van der Waals surface area (Å²) in [6, 6.07) is 13.4. The molecule has 0 fully saturated rings. The number of thioether (sulfide) groups is 1. The molecule has 0 saturated heterocycles. The zero-order valence-corrected chi connectivity index (χ0v) is 18.9. The van der Waals surface area contributed by atoms with Gasteiger partial charge in [-0.05, 0) is 49.6 Å². The SMILES string of the molecule is CCC(C)NC(=O)c1ccc2c(=O)n(C)c3nnc(SCc4ccccc4C)n3c2c1. The summed E-state index contributed by atoms with van der Waals surface area (Å²) in [6.07, 6.45) is 0.843. The molecule has 0 bridgehead atoms. The largest absolute Gasteiger partial charge is 0.350 e. The van der Waals surface area contributed by atoms with Crippen molar-refractivity contribution in [2.45, 2.75) is 44.1 Å². The second-order valence-electron chi connectivity index (χ2n) is 7.71. The van der Waals surface area contributed by atoms with Gasteiger partial charge in [0.15, 0.2) is 5.16 Å². The molecule has 8 heteroatoms. The Hall–Kier alpha value is -3.13. The van der Waals surface area contributed by atoms with Crippen molar-refractivity contribution in [3.63, 3.8) is 0 Å². The Morgan fingerprint density at radius 2 is 1.97 bits per heavy atom. The molecule has 0 aliphatic carbocycles. The van der Waals surface area contributed by atoms with Crippen LogP contribution in [0.4, 0.5) is 0 Å². The number of rotatable bonds is 6. The van der Waals surface area contributed by atoms with E-state index in [4.69, 9.17) is 0 Å². The maximum absolute atomic E-state index is 12.9. The van der Waals surface area contributed by atoms with Gasteiger partial charge < -0.3 is 5.32 Å². The lowest BCUT2D eigenvalue weighted by atomic mass is 10.1. The van der Waals surface area contributed by atoms with Crippen LogP contribution in [0, 0.1) is 6.92 Å². The Morgan fingerprint density at radius 3 is 2.71 bits per heavy atom. The van der Waals surface area contributed by atoms with E-state index >= 15 is 0 Å². The fourth-order valence-electron chi connectivity index (χ4n) is 3.42. The Bertz CT molecular complexity index is 1340. The number of carbonyl (C=O) groups excluding carboxylic acids is 1. The van der Waals surface area contributed by atoms with E-state index in [0.29, 0.717) is 27.4 Å². The van der Waals surface area contributed by atoms with Crippen molar-refractivity contribution in [1.82, 2.24) is 24.5 Å². The van der Waals surface area contributed by atoms with Crippen molar-refractivity contribution in [3.05, 3.63) is 69.5 Å². The minimum atomic E-state index is -0.167. The summed E-state index contributed by atoms with van der Waals surface area (Å²) in [5.74, 6) is 1.02. The predicted molar refractivity (Wildman–Crippen MR) is 124 cm³/mol. The molecule has 2 aromatic carbocycles. The lowest BCUT2D eigenvalue weighted by Crippen LogP contribution is -2.32. The van der Waals surface area contributed by atoms with Crippen molar-refractivity contribution in [2.24, 2.45) is 7.05 Å². The van der Waals surface area contributed by atoms with E-state index in [1.54, 1.807) is 37.0 Å². The van der Waals surface area contributed by atoms with Crippen LogP contribution in [0.1, 0.15) is 41.8 Å². The number of carbonyl (C=O) groups is 1. The molecule has 0 radical (unpaired) electrons. The summed E-state index contributed by atoms with van der Waals surface area (Å²) in [5, 5.41) is 12.8. The first-order chi connectivity index (χ1) is 14.9. The molecule has 31 heavy (non-hydrogen) atoms. The van der Waals surface area contributed by atoms with E-state index in [-0.39, 0.29) is 17.5 Å². The van der Waals surface area contributed by atoms with Gasteiger partial charge in [0.25, 0.3) is 11.5 Å². The Balaban J connectivity index is 1.82. The third-order valence-electron chi connectivity index (χ3n) is 5.56. The van der Waals surface area contributed by atoms with Gasteiger partial charge in [-0.3, -0.25) is 18.6 Å². The minimum Gasteiger partial charge on any atom is -0.350 e. The molecule has 2 aromatic heterocycles. The standard InChI is InChI=1S/C23H25N5O2S/c1-5-15(3)24-20(29)16-10-11-18-19(12-16)28-22(27(4)21(18)30)25-26-23(28)31-13-17-9-7-6-8-14(17)2/h6-12,15H,5,13H2,1-4H3,(H,24,29). The molecule has 1 amide bonds. The van der Waals surface area contributed by atoms with E-state index in [0.717, 1.165) is 12.2 Å². The number of amides is 1. The van der Waals surface area contributed by atoms with Gasteiger partial charge in [0.2, 0.25) is 5.78 Å². The Morgan fingerprint density at radius 1 is 1.19 bits per heavy atom. The van der Waals surface area contributed by atoms with Crippen LogP contribution in [0.3, 0.4) is 0 Å². The van der Waals surface area contributed by atoms with Crippen molar-refractivity contribution in [1.29, 1.82) is 0 Å². The van der Waals surface area contributed by atoms with E-state index in [1.807, 2.05) is 30.4 Å². The van der Waals surface area contributed by atoms with Crippen molar-refractivity contribution < 1.29 is 4.79 Å². The number of fused-ring (bicyclic) bond motifs is 3. The van der Waals surface area contributed by atoms with Gasteiger partial charge in [-0.15, -0.1) is 10.2 Å². The van der Waals surface area contributed by atoms with Gasteiger partial charge in [-0.2, -0.15) is 0 Å². The van der Waals surface area contributed by atoms with Crippen LogP contribution in [0.5, 0.6) is 0 Å². The van der Waals surface area contributed by atoms with Crippen molar-refractivity contribution >= 4 is 34.3 Å². The average molecular weight is 436 g/mol.